The van der Waals surface area contributed by atoms with E-state index in [1.165, 1.54) is 0 Å². The lowest BCUT2D eigenvalue weighted by molar-refractivity contribution is 0.0549. The molecular weight excluding hydrogens is 292 g/mol. The summed E-state index contributed by atoms with van der Waals surface area (Å²) in [5, 5.41) is 0. The van der Waals surface area contributed by atoms with Crippen LogP contribution < -0.4 is 4.90 Å². The Balaban J connectivity index is 2.41. The summed E-state index contributed by atoms with van der Waals surface area (Å²) in [6.07, 6.45) is 1.17. The number of anilines is 1. The van der Waals surface area contributed by atoms with E-state index in [4.69, 9.17) is 9.15 Å². The van der Waals surface area contributed by atoms with E-state index >= 15 is 0 Å². The maximum Gasteiger partial charge on any atom is 0.416 e. The van der Waals surface area contributed by atoms with Crippen LogP contribution in [0.25, 0.3) is 11.5 Å². The Morgan fingerprint density at radius 1 is 1.09 bits per heavy atom. The summed E-state index contributed by atoms with van der Waals surface area (Å²) in [7, 11) is 0. The predicted octanol–water partition coefficient (Wildman–Crippen LogP) is 4.88. The van der Waals surface area contributed by atoms with Crippen molar-refractivity contribution >= 4 is 11.9 Å². The lowest BCUT2D eigenvalue weighted by Crippen LogP contribution is -2.48. The summed E-state index contributed by atoms with van der Waals surface area (Å²) in [5.41, 5.74) is -0.374. The summed E-state index contributed by atoms with van der Waals surface area (Å²) >= 11 is 0. The normalized spacial score (nSPS) is 12.1. The highest BCUT2D eigenvalue weighted by Crippen LogP contribution is 2.27. The van der Waals surface area contributed by atoms with Gasteiger partial charge in [0.25, 0.3) is 0 Å². The van der Waals surface area contributed by atoms with E-state index in [2.05, 4.69) is 4.98 Å². The molecule has 0 saturated heterocycles. The first kappa shape index (κ1) is 17.1. The maximum atomic E-state index is 12.6. The minimum absolute atomic E-state index is 0.422. The molecule has 5 nitrogen and oxygen atoms in total. The Bertz CT molecular complexity index is 664. The zero-order valence-corrected chi connectivity index (χ0v) is 14.6. The van der Waals surface area contributed by atoms with Crippen molar-refractivity contribution in [1.29, 1.82) is 0 Å². The van der Waals surface area contributed by atoms with E-state index in [1.54, 1.807) is 23.3 Å². The molecule has 0 spiro atoms. The molecule has 0 unspecified atom stereocenters. The van der Waals surface area contributed by atoms with Crippen LogP contribution in [0.3, 0.4) is 0 Å². The molecule has 0 aliphatic heterocycles. The quantitative estimate of drug-likeness (QED) is 0.792. The van der Waals surface area contributed by atoms with Crippen LogP contribution in [0.15, 0.2) is 41.0 Å². The monoisotopic (exact) mass is 316 g/mol. The number of hydrogen-bond donors (Lipinski definition) is 0. The van der Waals surface area contributed by atoms with Crippen molar-refractivity contribution in [2.75, 3.05) is 4.90 Å². The number of furan rings is 1. The number of ether oxygens (including phenoxy) is 1. The van der Waals surface area contributed by atoms with Gasteiger partial charge in [0.2, 0.25) is 0 Å². The third kappa shape index (κ3) is 4.34. The van der Waals surface area contributed by atoms with Gasteiger partial charge in [-0.25, -0.2) is 9.78 Å². The van der Waals surface area contributed by atoms with Crippen LogP contribution in [0, 0.1) is 0 Å². The van der Waals surface area contributed by atoms with Gasteiger partial charge in [0.1, 0.15) is 17.1 Å². The lowest BCUT2D eigenvalue weighted by atomic mass is 10.1. The predicted molar refractivity (Wildman–Crippen MR) is 90.4 cm³/mol. The summed E-state index contributed by atoms with van der Waals surface area (Å²) < 4.78 is 10.9. The van der Waals surface area contributed by atoms with Crippen molar-refractivity contribution in [1.82, 2.24) is 4.98 Å². The van der Waals surface area contributed by atoms with Gasteiger partial charge in [0, 0.05) is 5.54 Å². The SMILES string of the molecule is CC(C)(C)OC(=O)N(c1cccc(-c2ccco2)n1)C(C)(C)C. The smallest absolute Gasteiger partial charge is 0.416 e. The van der Waals surface area contributed by atoms with Crippen molar-refractivity contribution in [3.05, 3.63) is 36.6 Å². The number of rotatable bonds is 2. The van der Waals surface area contributed by atoms with Gasteiger partial charge in [0.15, 0.2) is 5.76 Å². The molecule has 0 saturated carbocycles. The van der Waals surface area contributed by atoms with E-state index in [9.17, 15) is 4.79 Å². The van der Waals surface area contributed by atoms with Crippen LogP contribution in [-0.4, -0.2) is 22.2 Å². The van der Waals surface area contributed by atoms with Crippen molar-refractivity contribution in [3.8, 4) is 11.5 Å². The topological polar surface area (TPSA) is 55.6 Å². The molecule has 0 radical (unpaired) electrons. The fourth-order valence-corrected chi connectivity index (χ4v) is 2.13. The molecule has 2 aromatic heterocycles. The van der Waals surface area contributed by atoms with Crippen molar-refractivity contribution in [2.24, 2.45) is 0 Å². The van der Waals surface area contributed by atoms with Gasteiger partial charge < -0.3 is 9.15 Å². The van der Waals surface area contributed by atoms with Crippen LogP contribution in [0.2, 0.25) is 0 Å². The molecule has 0 N–H and O–H groups in total. The second-order valence-corrected chi connectivity index (χ2v) is 7.34. The Labute approximate surface area is 137 Å². The average molecular weight is 316 g/mol. The van der Waals surface area contributed by atoms with Crippen LogP contribution >= 0.6 is 0 Å². The minimum Gasteiger partial charge on any atom is -0.463 e. The molecule has 0 aromatic carbocycles. The van der Waals surface area contributed by atoms with Crippen molar-refractivity contribution in [2.45, 2.75) is 52.7 Å². The van der Waals surface area contributed by atoms with Crippen LogP contribution in [0.4, 0.5) is 10.6 Å². The Morgan fingerprint density at radius 2 is 1.78 bits per heavy atom. The van der Waals surface area contributed by atoms with Gasteiger partial charge in [-0.1, -0.05) is 6.07 Å². The van der Waals surface area contributed by atoms with Gasteiger partial charge in [-0.15, -0.1) is 0 Å². The molecular formula is C18H24N2O3. The third-order valence-corrected chi connectivity index (χ3v) is 2.98. The second-order valence-electron chi connectivity index (χ2n) is 7.34. The van der Waals surface area contributed by atoms with Crippen LogP contribution in [0.5, 0.6) is 0 Å². The molecule has 124 valence electrons. The molecule has 0 aliphatic rings. The first-order chi connectivity index (χ1) is 10.6. The molecule has 0 bridgehead atoms. The van der Waals surface area contributed by atoms with Crippen molar-refractivity contribution < 1.29 is 13.9 Å². The van der Waals surface area contributed by atoms with Gasteiger partial charge in [0.05, 0.1) is 6.26 Å². The number of pyridine rings is 1. The van der Waals surface area contributed by atoms with Gasteiger partial charge in [-0.2, -0.15) is 0 Å². The third-order valence-electron chi connectivity index (χ3n) is 2.98. The molecule has 0 atom stereocenters. The maximum absolute atomic E-state index is 12.6. The minimum atomic E-state index is -0.570. The van der Waals surface area contributed by atoms with E-state index in [0.29, 0.717) is 17.3 Å². The Kier molecular flexibility index (Phi) is 4.50. The number of hydrogen-bond acceptors (Lipinski definition) is 4. The average Bonchev–Trinajstić information content (AvgIpc) is 2.88. The zero-order chi connectivity index (χ0) is 17.3. The Morgan fingerprint density at radius 3 is 2.30 bits per heavy atom. The fraction of sp³-hybridized carbons (Fsp3) is 0.444. The number of carbonyl (C=O) groups excluding carboxylic acids is 1. The number of aromatic nitrogens is 1. The molecule has 1 amide bonds. The highest BCUT2D eigenvalue weighted by atomic mass is 16.6. The molecule has 2 heterocycles. The number of nitrogens with zero attached hydrogens (tertiary/aromatic N) is 2. The number of carbonyl (C=O) groups is 1. The van der Waals surface area contributed by atoms with Gasteiger partial charge in [-0.3, -0.25) is 4.90 Å². The molecule has 2 rings (SSSR count). The second kappa shape index (κ2) is 6.07. The Hall–Kier alpha value is -2.30. The van der Waals surface area contributed by atoms with E-state index in [-0.39, 0.29) is 0 Å². The highest BCUT2D eigenvalue weighted by molar-refractivity contribution is 5.88. The van der Waals surface area contributed by atoms with Crippen molar-refractivity contribution in [3.63, 3.8) is 0 Å². The van der Waals surface area contributed by atoms with Crippen LogP contribution in [-0.2, 0) is 4.74 Å². The number of amides is 1. The molecule has 0 aliphatic carbocycles. The lowest BCUT2D eigenvalue weighted by Gasteiger charge is -2.36. The molecule has 0 fully saturated rings. The highest BCUT2D eigenvalue weighted by Gasteiger charge is 2.33. The van der Waals surface area contributed by atoms with E-state index in [0.717, 1.165) is 0 Å². The van der Waals surface area contributed by atoms with Crippen LogP contribution in [0.1, 0.15) is 41.5 Å². The largest absolute Gasteiger partial charge is 0.463 e. The van der Waals surface area contributed by atoms with Gasteiger partial charge >= 0.3 is 6.09 Å². The first-order valence-corrected chi connectivity index (χ1v) is 7.62. The zero-order valence-electron chi connectivity index (χ0n) is 14.6. The molecule has 2 aromatic rings. The van der Waals surface area contributed by atoms with E-state index in [1.807, 2.05) is 59.7 Å². The standard InChI is InChI=1S/C18H24N2O3/c1-17(2,3)20(16(21)23-18(4,5)6)15-11-7-9-13(19-15)14-10-8-12-22-14/h7-12H,1-6H3. The first-order valence-electron chi connectivity index (χ1n) is 7.62. The summed E-state index contributed by atoms with van der Waals surface area (Å²) in [6, 6.07) is 9.13. The molecule has 23 heavy (non-hydrogen) atoms. The summed E-state index contributed by atoms with van der Waals surface area (Å²) in [6.45, 7) is 11.4. The van der Waals surface area contributed by atoms with Gasteiger partial charge in [-0.05, 0) is 65.8 Å². The summed E-state index contributed by atoms with van der Waals surface area (Å²) in [4.78, 5) is 18.8. The molecule has 5 heteroatoms. The summed E-state index contributed by atoms with van der Waals surface area (Å²) in [5.74, 6) is 1.19. The van der Waals surface area contributed by atoms with E-state index < -0.39 is 17.2 Å². The fourth-order valence-electron chi connectivity index (χ4n) is 2.13.